The molecule has 21 heavy (non-hydrogen) atoms. The normalized spacial score (nSPS) is 11.2. The van der Waals surface area contributed by atoms with E-state index < -0.39 is 0 Å². The maximum Gasteiger partial charge on any atom is 0.252 e. The van der Waals surface area contributed by atoms with Crippen LogP contribution in [-0.4, -0.2) is 38.6 Å². The monoisotopic (exact) mass is 335 g/mol. The van der Waals surface area contributed by atoms with Gasteiger partial charge in [0.15, 0.2) is 0 Å². The van der Waals surface area contributed by atoms with E-state index in [4.69, 9.17) is 22.1 Å². The van der Waals surface area contributed by atoms with Crippen molar-refractivity contribution >= 4 is 41.5 Å². The van der Waals surface area contributed by atoms with Gasteiger partial charge in [0.05, 0.1) is 23.1 Å². The van der Waals surface area contributed by atoms with Gasteiger partial charge in [-0.25, -0.2) is 0 Å². The molecule has 6 nitrogen and oxygen atoms in total. The van der Waals surface area contributed by atoms with E-state index in [1.807, 2.05) is 0 Å². The quantitative estimate of drug-likeness (QED) is 0.732. The van der Waals surface area contributed by atoms with Crippen molar-refractivity contribution in [1.29, 1.82) is 0 Å². The molecule has 8 heteroatoms. The number of amides is 2. The third kappa shape index (κ3) is 5.89. The molecule has 4 N–H and O–H groups in total. The lowest BCUT2D eigenvalue weighted by atomic mass is 10.2. The molecule has 118 valence electrons. The number of ether oxygens (including phenoxy) is 1. The fourth-order valence-corrected chi connectivity index (χ4v) is 1.86. The largest absolute Gasteiger partial charge is 0.380 e. The van der Waals surface area contributed by atoms with Gasteiger partial charge in [-0.15, -0.1) is 12.4 Å². The molecule has 1 atom stereocenters. The Kier molecular flexibility index (Phi) is 8.96. The Labute approximate surface area is 134 Å². The zero-order valence-corrected chi connectivity index (χ0v) is 13.4. The Morgan fingerprint density at radius 1 is 1.43 bits per heavy atom. The molecule has 1 rings (SSSR count). The van der Waals surface area contributed by atoms with E-state index in [9.17, 15) is 9.59 Å². The maximum absolute atomic E-state index is 11.8. The summed E-state index contributed by atoms with van der Waals surface area (Å²) in [5, 5.41) is 5.43. The highest BCUT2D eigenvalue weighted by Crippen LogP contribution is 2.21. The minimum Gasteiger partial charge on any atom is -0.380 e. The van der Waals surface area contributed by atoms with Crippen molar-refractivity contribution in [3.8, 4) is 0 Å². The van der Waals surface area contributed by atoms with Crippen LogP contribution >= 0.6 is 24.0 Å². The second-order valence-corrected chi connectivity index (χ2v) is 4.53. The molecule has 0 spiro atoms. The number of carbonyl (C=O) groups excluding carboxylic acids is 2. The summed E-state index contributed by atoms with van der Waals surface area (Å²) >= 11 is 5.99. The van der Waals surface area contributed by atoms with Crippen molar-refractivity contribution in [3.05, 3.63) is 28.8 Å². The van der Waals surface area contributed by atoms with Crippen LogP contribution in [0.4, 0.5) is 5.69 Å². The number of rotatable bonds is 6. The average Bonchev–Trinajstić information content (AvgIpc) is 2.44. The van der Waals surface area contributed by atoms with Gasteiger partial charge in [-0.1, -0.05) is 11.6 Å². The van der Waals surface area contributed by atoms with Gasteiger partial charge in [0.1, 0.15) is 0 Å². The van der Waals surface area contributed by atoms with E-state index >= 15 is 0 Å². The third-order valence-corrected chi connectivity index (χ3v) is 3.05. The fraction of sp³-hybridized carbons (Fsp3) is 0.385. The number of benzene rings is 1. The van der Waals surface area contributed by atoms with E-state index in [1.54, 1.807) is 12.1 Å². The summed E-state index contributed by atoms with van der Waals surface area (Å²) in [5.74, 6) is -0.512. The third-order valence-electron chi connectivity index (χ3n) is 2.73. The van der Waals surface area contributed by atoms with E-state index in [2.05, 4.69) is 10.6 Å². The van der Waals surface area contributed by atoms with Gasteiger partial charge in [-0.05, 0) is 18.2 Å². The van der Waals surface area contributed by atoms with E-state index in [0.29, 0.717) is 11.3 Å². The SMILES string of the molecule is CNC(=O)c1ccc(NC(=O)CC(CN)OC)cc1Cl.Cl. The highest BCUT2D eigenvalue weighted by atomic mass is 35.5. The van der Waals surface area contributed by atoms with E-state index in [0.717, 1.165) is 0 Å². The molecule has 0 aromatic heterocycles. The molecule has 0 bridgehead atoms. The summed E-state index contributed by atoms with van der Waals surface area (Å²) in [5.41, 5.74) is 6.31. The summed E-state index contributed by atoms with van der Waals surface area (Å²) < 4.78 is 5.03. The standard InChI is InChI=1S/C13H18ClN3O3.ClH/c1-16-13(19)10-4-3-8(5-11(10)14)17-12(18)6-9(7-15)20-2;/h3-5,9H,6-7,15H2,1-2H3,(H,16,19)(H,17,18);1H. The van der Waals surface area contributed by atoms with Gasteiger partial charge in [-0.2, -0.15) is 0 Å². The molecule has 0 saturated heterocycles. The Bertz CT molecular complexity index is 494. The summed E-state index contributed by atoms with van der Waals surface area (Å²) in [6.07, 6.45) is -0.169. The van der Waals surface area contributed by atoms with Crippen molar-refractivity contribution in [2.45, 2.75) is 12.5 Å². The molecule has 0 radical (unpaired) electrons. The molecule has 0 aliphatic heterocycles. The molecular weight excluding hydrogens is 317 g/mol. The highest BCUT2D eigenvalue weighted by Gasteiger charge is 2.13. The molecule has 0 aliphatic carbocycles. The van der Waals surface area contributed by atoms with Crippen LogP contribution in [-0.2, 0) is 9.53 Å². The molecule has 0 aliphatic rings. The van der Waals surface area contributed by atoms with Gasteiger partial charge in [0.25, 0.3) is 5.91 Å². The average molecular weight is 336 g/mol. The molecule has 1 unspecified atom stereocenters. The fourth-order valence-electron chi connectivity index (χ4n) is 1.59. The Morgan fingerprint density at radius 2 is 2.10 bits per heavy atom. The topological polar surface area (TPSA) is 93.5 Å². The second-order valence-electron chi connectivity index (χ2n) is 4.12. The first-order valence-corrected chi connectivity index (χ1v) is 6.44. The number of nitrogens with one attached hydrogen (secondary N) is 2. The number of anilines is 1. The highest BCUT2D eigenvalue weighted by molar-refractivity contribution is 6.34. The molecule has 2 amide bonds. The minimum absolute atomic E-state index is 0. The van der Waals surface area contributed by atoms with Gasteiger partial charge < -0.3 is 21.1 Å². The van der Waals surface area contributed by atoms with Crippen molar-refractivity contribution in [3.63, 3.8) is 0 Å². The number of methoxy groups -OCH3 is 1. The van der Waals surface area contributed by atoms with Crippen LogP contribution in [0.25, 0.3) is 0 Å². The smallest absolute Gasteiger partial charge is 0.252 e. The number of hydrogen-bond donors (Lipinski definition) is 3. The van der Waals surface area contributed by atoms with Gasteiger partial charge in [0, 0.05) is 26.4 Å². The molecular formula is C13H19Cl2N3O3. The lowest BCUT2D eigenvalue weighted by molar-refractivity contribution is -0.118. The molecule has 0 fully saturated rings. The van der Waals surface area contributed by atoms with Crippen molar-refractivity contribution in [1.82, 2.24) is 5.32 Å². The minimum atomic E-state index is -0.324. The summed E-state index contributed by atoms with van der Waals surface area (Å²) in [4.78, 5) is 23.2. The van der Waals surface area contributed by atoms with Gasteiger partial charge in [0.2, 0.25) is 5.91 Å². The molecule has 1 aromatic rings. The molecule has 0 heterocycles. The van der Waals surface area contributed by atoms with Crippen molar-refractivity contribution < 1.29 is 14.3 Å². The van der Waals surface area contributed by atoms with Crippen LogP contribution in [0.1, 0.15) is 16.8 Å². The van der Waals surface area contributed by atoms with Crippen LogP contribution < -0.4 is 16.4 Å². The van der Waals surface area contributed by atoms with Gasteiger partial charge >= 0.3 is 0 Å². The zero-order chi connectivity index (χ0) is 15.1. The summed E-state index contributed by atoms with van der Waals surface area (Å²) in [6.45, 7) is 0.264. The Balaban J connectivity index is 0.00000400. The zero-order valence-electron chi connectivity index (χ0n) is 11.8. The number of carbonyl (C=O) groups is 2. The van der Waals surface area contributed by atoms with Crippen LogP contribution in [0.15, 0.2) is 18.2 Å². The maximum atomic E-state index is 11.8. The predicted molar refractivity (Wildman–Crippen MR) is 85.2 cm³/mol. The lowest BCUT2D eigenvalue weighted by Crippen LogP contribution is -2.28. The van der Waals surface area contributed by atoms with Crippen LogP contribution in [0.2, 0.25) is 5.02 Å². The van der Waals surface area contributed by atoms with E-state index in [1.165, 1.54) is 20.2 Å². The predicted octanol–water partition coefficient (Wildman–Crippen LogP) is 1.42. The molecule has 0 saturated carbocycles. The first-order chi connectivity index (χ1) is 9.51. The molecule has 1 aromatic carbocycles. The van der Waals surface area contributed by atoms with Crippen LogP contribution in [0, 0.1) is 0 Å². The number of hydrogen-bond acceptors (Lipinski definition) is 4. The number of halogens is 2. The lowest BCUT2D eigenvalue weighted by Gasteiger charge is -2.13. The van der Waals surface area contributed by atoms with Gasteiger partial charge in [-0.3, -0.25) is 9.59 Å². The number of nitrogens with two attached hydrogens (primary N) is 1. The van der Waals surface area contributed by atoms with E-state index in [-0.39, 0.29) is 48.3 Å². The first kappa shape index (κ1) is 19.7. The summed E-state index contributed by atoms with van der Waals surface area (Å²) in [6, 6.07) is 4.68. The summed E-state index contributed by atoms with van der Waals surface area (Å²) in [7, 11) is 3.02. The van der Waals surface area contributed by atoms with Crippen LogP contribution in [0.5, 0.6) is 0 Å². The first-order valence-electron chi connectivity index (χ1n) is 6.06. The Morgan fingerprint density at radius 3 is 2.57 bits per heavy atom. The van der Waals surface area contributed by atoms with Crippen LogP contribution in [0.3, 0.4) is 0 Å². The van der Waals surface area contributed by atoms with Crippen molar-refractivity contribution in [2.24, 2.45) is 5.73 Å². The second kappa shape index (κ2) is 9.57. The van der Waals surface area contributed by atoms with Crippen molar-refractivity contribution in [2.75, 3.05) is 26.0 Å². The Hall–Kier alpha value is -1.34.